The highest BCUT2D eigenvalue weighted by molar-refractivity contribution is 5.41. The van der Waals surface area contributed by atoms with Gasteiger partial charge in [-0.1, -0.05) is 12.1 Å². The van der Waals surface area contributed by atoms with E-state index in [1.165, 1.54) is 11.1 Å². The summed E-state index contributed by atoms with van der Waals surface area (Å²) in [5.41, 5.74) is 3.45. The minimum atomic E-state index is 1.05. The average Bonchev–Trinajstić information content (AvgIpc) is 2.61. The van der Waals surface area contributed by atoms with Crippen LogP contribution >= 0.6 is 0 Å². The van der Waals surface area contributed by atoms with Crippen molar-refractivity contribution in [1.82, 2.24) is 15.0 Å². The first-order valence-electron chi connectivity index (χ1n) is 4.21. The number of aryl methyl sites for hydroxylation is 2. The van der Waals surface area contributed by atoms with Gasteiger partial charge in [-0.2, -0.15) is 15.0 Å². The maximum atomic E-state index is 4.09. The van der Waals surface area contributed by atoms with Crippen LogP contribution in [0, 0.1) is 13.8 Å². The predicted molar refractivity (Wildman–Crippen MR) is 50.8 cm³/mol. The molecule has 0 fully saturated rings. The van der Waals surface area contributed by atoms with Crippen molar-refractivity contribution in [3.8, 4) is 5.69 Å². The summed E-state index contributed by atoms with van der Waals surface area (Å²) < 4.78 is 0. The Morgan fingerprint density at radius 1 is 1.08 bits per heavy atom. The van der Waals surface area contributed by atoms with Gasteiger partial charge in [0, 0.05) is 0 Å². The quantitative estimate of drug-likeness (QED) is 0.659. The van der Waals surface area contributed by atoms with Crippen LogP contribution < -0.4 is 0 Å². The van der Waals surface area contributed by atoms with E-state index < -0.39 is 0 Å². The van der Waals surface area contributed by atoms with E-state index in [4.69, 9.17) is 0 Å². The van der Waals surface area contributed by atoms with Gasteiger partial charge in [0.1, 0.15) is 0 Å². The summed E-state index contributed by atoms with van der Waals surface area (Å²) in [6.07, 6.45) is 3.36. The van der Waals surface area contributed by atoms with E-state index in [0.29, 0.717) is 0 Å². The molecule has 1 aromatic carbocycles. The molecule has 0 amide bonds. The molecule has 0 bridgehead atoms. The Morgan fingerprint density at radius 2 is 1.77 bits per heavy atom. The molecule has 2 rings (SSSR count). The summed E-state index contributed by atoms with van der Waals surface area (Å²) in [7, 11) is 0. The van der Waals surface area contributed by atoms with E-state index >= 15 is 0 Å². The molecule has 66 valence electrons. The minimum Gasteiger partial charge on any atom is -0.157 e. The molecular formula is C10H11N3. The van der Waals surface area contributed by atoms with E-state index in [0.717, 1.165) is 5.69 Å². The van der Waals surface area contributed by atoms with Crippen molar-refractivity contribution in [2.45, 2.75) is 13.8 Å². The Labute approximate surface area is 77.0 Å². The third-order valence-corrected chi connectivity index (χ3v) is 2.00. The molecule has 0 aliphatic rings. The highest BCUT2D eigenvalue weighted by atomic mass is 15.5. The van der Waals surface area contributed by atoms with Crippen molar-refractivity contribution in [2.75, 3.05) is 0 Å². The third kappa shape index (κ3) is 1.45. The zero-order valence-corrected chi connectivity index (χ0v) is 7.73. The lowest BCUT2D eigenvalue weighted by Crippen LogP contribution is -2.01. The molecule has 0 saturated heterocycles. The molecule has 1 heterocycles. The third-order valence-electron chi connectivity index (χ3n) is 2.00. The molecule has 0 aliphatic heterocycles. The molecular weight excluding hydrogens is 162 g/mol. The molecule has 3 heteroatoms. The van der Waals surface area contributed by atoms with Crippen molar-refractivity contribution in [3.05, 3.63) is 41.7 Å². The van der Waals surface area contributed by atoms with Gasteiger partial charge < -0.3 is 0 Å². The van der Waals surface area contributed by atoms with Crippen molar-refractivity contribution in [1.29, 1.82) is 0 Å². The highest BCUT2D eigenvalue weighted by Crippen LogP contribution is 2.13. The molecule has 0 aliphatic carbocycles. The molecule has 3 nitrogen and oxygen atoms in total. The summed E-state index contributed by atoms with van der Waals surface area (Å²) in [6.45, 7) is 4.12. The summed E-state index contributed by atoms with van der Waals surface area (Å²) in [6, 6.07) is 6.24. The Hall–Kier alpha value is -1.64. The SMILES string of the molecule is Cc1ccc(C)c(-n2nccn2)c1. The molecule has 2 aromatic rings. The second-order valence-corrected chi connectivity index (χ2v) is 3.11. The van der Waals surface area contributed by atoms with Gasteiger partial charge in [-0.05, 0) is 31.0 Å². The number of nitrogens with zero attached hydrogens (tertiary/aromatic N) is 3. The Bertz CT molecular complexity index is 404. The van der Waals surface area contributed by atoms with E-state index in [-0.39, 0.29) is 0 Å². The van der Waals surface area contributed by atoms with Crippen LogP contribution in [-0.2, 0) is 0 Å². The molecule has 0 N–H and O–H groups in total. The number of benzene rings is 1. The van der Waals surface area contributed by atoms with E-state index in [2.05, 4.69) is 42.2 Å². The lowest BCUT2D eigenvalue weighted by atomic mass is 10.1. The molecule has 0 radical (unpaired) electrons. The molecule has 0 saturated carbocycles. The first-order valence-corrected chi connectivity index (χ1v) is 4.21. The minimum absolute atomic E-state index is 1.05. The monoisotopic (exact) mass is 173 g/mol. The summed E-state index contributed by atoms with van der Waals surface area (Å²) in [5.74, 6) is 0. The molecule has 1 aromatic heterocycles. The van der Waals surface area contributed by atoms with Crippen molar-refractivity contribution in [3.63, 3.8) is 0 Å². The smallest absolute Gasteiger partial charge is 0.0888 e. The normalized spacial score (nSPS) is 10.3. The van der Waals surface area contributed by atoms with E-state index in [1.54, 1.807) is 17.2 Å². The number of rotatable bonds is 1. The molecule has 0 unspecified atom stereocenters. The number of hydrogen-bond donors (Lipinski definition) is 0. The fraction of sp³-hybridized carbons (Fsp3) is 0.200. The van der Waals surface area contributed by atoms with Crippen LogP contribution in [-0.4, -0.2) is 15.0 Å². The average molecular weight is 173 g/mol. The van der Waals surface area contributed by atoms with Gasteiger partial charge in [0.2, 0.25) is 0 Å². The first-order chi connectivity index (χ1) is 6.27. The highest BCUT2D eigenvalue weighted by Gasteiger charge is 2.01. The van der Waals surface area contributed by atoms with E-state index in [1.807, 2.05) is 0 Å². The van der Waals surface area contributed by atoms with Crippen molar-refractivity contribution < 1.29 is 0 Å². The van der Waals surface area contributed by atoms with Crippen molar-refractivity contribution >= 4 is 0 Å². The first kappa shape index (κ1) is 7.98. The zero-order valence-electron chi connectivity index (χ0n) is 7.73. The molecule has 13 heavy (non-hydrogen) atoms. The lowest BCUT2D eigenvalue weighted by Gasteiger charge is -2.04. The molecule has 0 atom stereocenters. The summed E-state index contributed by atoms with van der Waals surface area (Å²) >= 11 is 0. The van der Waals surface area contributed by atoms with Gasteiger partial charge in [0.15, 0.2) is 0 Å². The summed E-state index contributed by atoms with van der Waals surface area (Å²) in [5, 5.41) is 8.19. The summed E-state index contributed by atoms with van der Waals surface area (Å²) in [4.78, 5) is 1.64. The van der Waals surface area contributed by atoms with Crippen LogP contribution in [0.2, 0.25) is 0 Å². The lowest BCUT2D eigenvalue weighted by molar-refractivity contribution is 0.746. The fourth-order valence-electron chi connectivity index (χ4n) is 1.28. The van der Waals surface area contributed by atoms with Crippen LogP contribution in [0.25, 0.3) is 5.69 Å². The maximum absolute atomic E-state index is 4.09. The van der Waals surface area contributed by atoms with Gasteiger partial charge in [0.05, 0.1) is 18.1 Å². The number of hydrogen-bond acceptors (Lipinski definition) is 2. The van der Waals surface area contributed by atoms with Gasteiger partial charge in [-0.15, -0.1) is 0 Å². The largest absolute Gasteiger partial charge is 0.157 e. The van der Waals surface area contributed by atoms with E-state index in [9.17, 15) is 0 Å². The van der Waals surface area contributed by atoms with Gasteiger partial charge in [-0.25, -0.2) is 0 Å². The van der Waals surface area contributed by atoms with Crippen molar-refractivity contribution in [2.24, 2.45) is 0 Å². The van der Waals surface area contributed by atoms with Gasteiger partial charge in [0.25, 0.3) is 0 Å². The number of aromatic nitrogens is 3. The topological polar surface area (TPSA) is 30.7 Å². The second-order valence-electron chi connectivity index (χ2n) is 3.11. The standard InChI is InChI=1S/C10H11N3/c1-8-3-4-9(2)10(7-8)13-11-5-6-12-13/h3-7H,1-2H3. The Balaban J connectivity index is 2.57. The zero-order chi connectivity index (χ0) is 9.26. The van der Waals surface area contributed by atoms with Gasteiger partial charge >= 0.3 is 0 Å². The van der Waals surface area contributed by atoms with Gasteiger partial charge in [-0.3, -0.25) is 0 Å². The Kier molecular flexibility index (Phi) is 1.85. The predicted octanol–water partition coefficient (Wildman–Crippen LogP) is 1.88. The second kappa shape index (κ2) is 3.01. The van der Waals surface area contributed by atoms with Crippen LogP contribution in [0.4, 0.5) is 0 Å². The maximum Gasteiger partial charge on any atom is 0.0888 e. The van der Waals surface area contributed by atoms with Crippen LogP contribution in [0.15, 0.2) is 30.6 Å². The van der Waals surface area contributed by atoms with Crippen LogP contribution in [0.1, 0.15) is 11.1 Å². The van der Waals surface area contributed by atoms with Crippen LogP contribution in [0.5, 0.6) is 0 Å². The fourth-order valence-corrected chi connectivity index (χ4v) is 1.28. The Morgan fingerprint density at radius 3 is 2.46 bits per heavy atom. The van der Waals surface area contributed by atoms with Crippen LogP contribution in [0.3, 0.4) is 0 Å². The molecule has 0 spiro atoms.